The molecule has 0 bridgehead atoms. The molecule has 0 unspecified atom stereocenters. The van der Waals surface area contributed by atoms with Crippen molar-refractivity contribution in [2.24, 2.45) is 5.92 Å². The molecule has 0 saturated carbocycles. The molecule has 0 fully saturated rings. The SMILES string of the molecule is COC(=O)c1cc(-c2cnn(C(=O)OCC(C)C)c2)c(C)s1. The lowest BCUT2D eigenvalue weighted by Crippen LogP contribution is -2.16. The molecule has 0 saturated heterocycles. The predicted octanol–water partition coefficient (Wildman–Crippen LogP) is 3.35. The van der Waals surface area contributed by atoms with Gasteiger partial charge in [0.15, 0.2) is 0 Å². The minimum atomic E-state index is -0.513. The van der Waals surface area contributed by atoms with Gasteiger partial charge in [0.1, 0.15) is 4.88 Å². The number of nitrogens with zero attached hydrogens (tertiary/aromatic N) is 2. The van der Waals surface area contributed by atoms with E-state index in [1.54, 1.807) is 18.5 Å². The van der Waals surface area contributed by atoms with Crippen LogP contribution in [-0.2, 0) is 9.47 Å². The van der Waals surface area contributed by atoms with E-state index in [1.807, 2.05) is 20.8 Å². The number of aromatic nitrogens is 2. The van der Waals surface area contributed by atoms with Gasteiger partial charge in [0, 0.05) is 16.6 Å². The first-order valence-electron chi connectivity index (χ1n) is 6.83. The quantitative estimate of drug-likeness (QED) is 0.807. The largest absolute Gasteiger partial charge is 0.465 e. The number of esters is 1. The fraction of sp³-hybridized carbons (Fsp3) is 0.400. The summed E-state index contributed by atoms with van der Waals surface area (Å²) >= 11 is 1.35. The monoisotopic (exact) mass is 322 g/mol. The highest BCUT2D eigenvalue weighted by Crippen LogP contribution is 2.31. The summed E-state index contributed by atoms with van der Waals surface area (Å²) in [5.41, 5.74) is 1.61. The van der Waals surface area contributed by atoms with E-state index in [1.165, 1.54) is 18.4 Å². The molecule has 0 amide bonds. The van der Waals surface area contributed by atoms with Crippen LogP contribution in [0.2, 0.25) is 0 Å². The van der Waals surface area contributed by atoms with Crippen LogP contribution in [0.1, 0.15) is 28.4 Å². The van der Waals surface area contributed by atoms with Gasteiger partial charge < -0.3 is 9.47 Å². The van der Waals surface area contributed by atoms with E-state index in [9.17, 15) is 9.59 Å². The van der Waals surface area contributed by atoms with E-state index in [0.29, 0.717) is 11.5 Å². The summed E-state index contributed by atoms with van der Waals surface area (Å²) in [5, 5.41) is 4.02. The van der Waals surface area contributed by atoms with Crippen LogP contribution in [0, 0.1) is 12.8 Å². The number of hydrogen-bond donors (Lipinski definition) is 0. The van der Waals surface area contributed by atoms with E-state index >= 15 is 0 Å². The van der Waals surface area contributed by atoms with Gasteiger partial charge >= 0.3 is 12.1 Å². The van der Waals surface area contributed by atoms with Gasteiger partial charge in [-0.1, -0.05) is 13.8 Å². The van der Waals surface area contributed by atoms with E-state index in [0.717, 1.165) is 20.7 Å². The molecule has 2 rings (SSSR count). The Labute approximate surface area is 132 Å². The topological polar surface area (TPSA) is 70.4 Å². The Bertz CT molecular complexity index is 688. The summed E-state index contributed by atoms with van der Waals surface area (Å²) in [5.74, 6) is -0.108. The minimum absolute atomic E-state index is 0.265. The summed E-state index contributed by atoms with van der Waals surface area (Å²) in [4.78, 5) is 24.9. The lowest BCUT2D eigenvalue weighted by molar-refractivity contribution is 0.0606. The van der Waals surface area contributed by atoms with Crippen molar-refractivity contribution in [1.82, 2.24) is 9.78 Å². The normalized spacial score (nSPS) is 10.8. The molecule has 0 aromatic carbocycles. The van der Waals surface area contributed by atoms with Crippen molar-refractivity contribution >= 4 is 23.4 Å². The minimum Gasteiger partial charge on any atom is -0.465 e. The molecule has 2 aromatic heterocycles. The fourth-order valence-corrected chi connectivity index (χ4v) is 2.80. The number of methoxy groups -OCH3 is 1. The Morgan fingerprint density at radius 1 is 1.41 bits per heavy atom. The highest BCUT2D eigenvalue weighted by atomic mass is 32.1. The third kappa shape index (κ3) is 3.54. The van der Waals surface area contributed by atoms with Crippen molar-refractivity contribution in [3.05, 3.63) is 28.2 Å². The number of ether oxygens (including phenoxy) is 2. The number of rotatable bonds is 4. The first-order chi connectivity index (χ1) is 10.4. The number of carbonyl (C=O) groups excluding carboxylic acids is 2. The van der Waals surface area contributed by atoms with Gasteiger partial charge in [-0.15, -0.1) is 11.3 Å². The summed E-state index contributed by atoms with van der Waals surface area (Å²) < 4.78 is 11.0. The van der Waals surface area contributed by atoms with Crippen LogP contribution in [0.3, 0.4) is 0 Å². The van der Waals surface area contributed by atoms with Crippen molar-refractivity contribution in [3.63, 3.8) is 0 Å². The second-order valence-electron chi connectivity index (χ2n) is 5.22. The predicted molar refractivity (Wildman–Crippen MR) is 83.2 cm³/mol. The number of carbonyl (C=O) groups is 2. The zero-order chi connectivity index (χ0) is 16.3. The van der Waals surface area contributed by atoms with Gasteiger partial charge in [-0.3, -0.25) is 0 Å². The summed E-state index contributed by atoms with van der Waals surface area (Å²) in [6, 6.07) is 1.74. The Balaban J connectivity index is 2.19. The second kappa shape index (κ2) is 6.74. The third-order valence-electron chi connectivity index (χ3n) is 2.93. The van der Waals surface area contributed by atoms with Crippen LogP contribution in [0.15, 0.2) is 18.5 Å². The highest BCUT2D eigenvalue weighted by Gasteiger charge is 2.16. The van der Waals surface area contributed by atoms with E-state index < -0.39 is 6.09 Å². The van der Waals surface area contributed by atoms with Crippen LogP contribution in [-0.4, -0.2) is 35.6 Å². The molecule has 0 aliphatic heterocycles. The van der Waals surface area contributed by atoms with Gasteiger partial charge in [-0.25, -0.2) is 9.59 Å². The summed E-state index contributed by atoms with van der Waals surface area (Å²) in [6.07, 6.45) is 2.66. The average Bonchev–Trinajstić information content (AvgIpc) is 3.10. The Morgan fingerprint density at radius 2 is 2.14 bits per heavy atom. The van der Waals surface area contributed by atoms with E-state index in [4.69, 9.17) is 9.47 Å². The standard InChI is InChI=1S/C15H18N2O4S/c1-9(2)8-21-15(19)17-7-11(6-16-17)12-5-13(14(18)20-4)22-10(12)3/h5-7,9H,8H2,1-4H3. The Hall–Kier alpha value is -2.15. The summed E-state index contributed by atoms with van der Waals surface area (Å²) in [6.45, 7) is 6.18. The highest BCUT2D eigenvalue weighted by molar-refractivity contribution is 7.14. The van der Waals surface area contributed by atoms with Crippen LogP contribution < -0.4 is 0 Å². The van der Waals surface area contributed by atoms with E-state index in [2.05, 4.69) is 5.10 Å². The van der Waals surface area contributed by atoms with Crippen LogP contribution >= 0.6 is 11.3 Å². The first kappa shape index (κ1) is 16.2. The molecule has 2 heterocycles. The van der Waals surface area contributed by atoms with Crippen LogP contribution in [0.4, 0.5) is 4.79 Å². The molecule has 0 N–H and O–H groups in total. The van der Waals surface area contributed by atoms with Crippen molar-refractivity contribution in [1.29, 1.82) is 0 Å². The molecule has 0 spiro atoms. The molecule has 6 nitrogen and oxygen atoms in total. The number of thiophene rings is 1. The number of aryl methyl sites for hydroxylation is 1. The Morgan fingerprint density at radius 3 is 2.77 bits per heavy atom. The van der Waals surface area contributed by atoms with E-state index in [-0.39, 0.29) is 11.9 Å². The fourth-order valence-electron chi connectivity index (χ4n) is 1.84. The molecule has 0 radical (unpaired) electrons. The van der Waals surface area contributed by atoms with Gasteiger partial charge in [0.25, 0.3) is 0 Å². The molecular formula is C15H18N2O4S. The molecular weight excluding hydrogens is 304 g/mol. The maximum atomic E-state index is 11.8. The van der Waals surface area contributed by atoms with Crippen molar-refractivity contribution in [2.45, 2.75) is 20.8 Å². The lowest BCUT2D eigenvalue weighted by atomic mass is 10.1. The maximum absolute atomic E-state index is 11.8. The van der Waals surface area contributed by atoms with Crippen molar-refractivity contribution < 1.29 is 19.1 Å². The first-order valence-corrected chi connectivity index (χ1v) is 7.65. The second-order valence-corrected chi connectivity index (χ2v) is 6.47. The van der Waals surface area contributed by atoms with Gasteiger partial charge in [-0.05, 0) is 24.5 Å². The molecule has 0 aliphatic carbocycles. The molecule has 2 aromatic rings. The molecule has 0 atom stereocenters. The van der Waals surface area contributed by atoms with Crippen molar-refractivity contribution in [2.75, 3.05) is 13.7 Å². The van der Waals surface area contributed by atoms with Gasteiger partial charge in [0.05, 0.1) is 19.9 Å². The molecule has 118 valence electrons. The summed E-state index contributed by atoms with van der Waals surface area (Å²) in [7, 11) is 1.35. The molecule has 0 aliphatic rings. The Kier molecular flexibility index (Phi) is 4.97. The molecule has 22 heavy (non-hydrogen) atoms. The van der Waals surface area contributed by atoms with Crippen LogP contribution in [0.25, 0.3) is 11.1 Å². The smallest absolute Gasteiger partial charge is 0.434 e. The maximum Gasteiger partial charge on any atom is 0.434 e. The van der Waals surface area contributed by atoms with Crippen molar-refractivity contribution in [3.8, 4) is 11.1 Å². The molecule has 7 heteroatoms. The number of hydrogen-bond acceptors (Lipinski definition) is 6. The third-order valence-corrected chi connectivity index (χ3v) is 3.96. The lowest BCUT2D eigenvalue weighted by Gasteiger charge is -2.05. The van der Waals surface area contributed by atoms with Crippen LogP contribution in [0.5, 0.6) is 0 Å². The average molecular weight is 322 g/mol. The zero-order valence-electron chi connectivity index (χ0n) is 13.0. The van der Waals surface area contributed by atoms with Gasteiger partial charge in [0.2, 0.25) is 0 Å². The zero-order valence-corrected chi connectivity index (χ0v) is 13.8. The van der Waals surface area contributed by atoms with Gasteiger partial charge in [-0.2, -0.15) is 9.78 Å².